The number of sulfonamides is 1. The molecule has 0 aromatic carbocycles. The number of hydrogen-bond donors (Lipinski definition) is 1. The summed E-state index contributed by atoms with van der Waals surface area (Å²) in [5.41, 5.74) is 0. The second-order valence-electron chi connectivity index (χ2n) is 5.08. The van der Waals surface area contributed by atoms with Gasteiger partial charge in [0.2, 0.25) is 0 Å². The fourth-order valence-electron chi connectivity index (χ4n) is 1.88. The van der Waals surface area contributed by atoms with Gasteiger partial charge >= 0.3 is 0 Å². The van der Waals surface area contributed by atoms with E-state index in [1.165, 1.54) is 15.6 Å². The van der Waals surface area contributed by atoms with Gasteiger partial charge in [0.05, 0.1) is 0 Å². The van der Waals surface area contributed by atoms with Gasteiger partial charge in [-0.2, -0.15) is 4.31 Å². The zero-order chi connectivity index (χ0) is 14.9. The molecule has 112 valence electrons. The first-order valence-electron chi connectivity index (χ1n) is 6.47. The van der Waals surface area contributed by atoms with Gasteiger partial charge in [-0.1, -0.05) is 13.8 Å². The van der Waals surface area contributed by atoms with Crippen molar-refractivity contribution >= 4 is 32.1 Å². The quantitative estimate of drug-likeness (QED) is 0.886. The van der Waals surface area contributed by atoms with E-state index in [2.05, 4.69) is 24.1 Å². The standard InChI is InChI=1S/C12H20N4O2S2/c1-9(2)5-6-15(4)20(17,18)11-10(13-3)14-12-16(11)7-8-19-12/h7-9,13H,5-6H2,1-4H3. The summed E-state index contributed by atoms with van der Waals surface area (Å²) in [6.07, 6.45) is 2.56. The van der Waals surface area contributed by atoms with Gasteiger partial charge in [-0.25, -0.2) is 13.4 Å². The molecule has 0 spiro atoms. The highest BCUT2D eigenvalue weighted by Gasteiger charge is 2.29. The minimum atomic E-state index is -3.55. The fraction of sp³-hybridized carbons (Fsp3) is 0.583. The predicted molar refractivity (Wildman–Crippen MR) is 81.9 cm³/mol. The average Bonchev–Trinajstić information content (AvgIpc) is 2.94. The Bertz CT molecular complexity index is 687. The molecule has 0 aliphatic rings. The lowest BCUT2D eigenvalue weighted by molar-refractivity contribution is 0.426. The maximum atomic E-state index is 12.7. The second-order valence-corrected chi connectivity index (χ2v) is 7.91. The molecule has 0 amide bonds. The van der Waals surface area contributed by atoms with Crippen molar-refractivity contribution < 1.29 is 8.42 Å². The highest BCUT2D eigenvalue weighted by molar-refractivity contribution is 7.89. The molecule has 20 heavy (non-hydrogen) atoms. The van der Waals surface area contributed by atoms with Crippen molar-refractivity contribution in [1.82, 2.24) is 13.7 Å². The van der Waals surface area contributed by atoms with Crippen LogP contribution in [-0.2, 0) is 10.0 Å². The van der Waals surface area contributed by atoms with Gasteiger partial charge in [0.15, 0.2) is 15.8 Å². The Balaban J connectivity index is 2.42. The summed E-state index contributed by atoms with van der Waals surface area (Å²) in [6, 6.07) is 0. The minimum absolute atomic E-state index is 0.211. The number of aromatic nitrogens is 2. The maximum Gasteiger partial charge on any atom is 0.262 e. The molecule has 0 aliphatic carbocycles. The predicted octanol–water partition coefficient (Wildman–Crippen LogP) is 2.10. The van der Waals surface area contributed by atoms with Crippen LogP contribution in [0.2, 0.25) is 0 Å². The molecule has 2 aromatic heterocycles. The Labute approximate surface area is 123 Å². The van der Waals surface area contributed by atoms with Crippen LogP contribution in [0.4, 0.5) is 5.82 Å². The van der Waals surface area contributed by atoms with Crippen LogP contribution >= 0.6 is 11.3 Å². The third kappa shape index (κ3) is 2.68. The Morgan fingerprint density at radius 1 is 1.50 bits per heavy atom. The van der Waals surface area contributed by atoms with Gasteiger partial charge < -0.3 is 5.32 Å². The first-order valence-corrected chi connectivity index (χ1v) is 8.79. The smallest absolute Gasteiger partial charge is 0.262 e. The van der Waals surface area contributed by atoms with Crippen LogP contribution < -0.4 is 5.32 Å². The van der Waals surface area contributed by atoms with Crippen molar-refractivity contribution in [2.75, 3.05) is 26.0 Å². The van der Waals surface area contributed by atoms with Gasteiger partial charge in [0.25, 0.3) is 10.0 Å². The Morgan fingerprint density at radius 2 is 2.20 bits per heavy atom. The Morgan fingerprint density at radius 3 is 2.80 bits per heavy atom. The van der Waals surface area contributed by atoms with E-state index in [0.29, 0.717) is 23.2 Å². The van der Waals surface area contributed by atoms with Crippen LogP contribution in [0.15, 0.2) is 16.6 Å². The number of nitrogens with zero attached hydrogens (tertiary/aromatic N) is 3. The molecule has 8 heteroatoms. The zero-order valence-electron chi connectivity index (χ0n) is 12.1. The van der Waals surface area contributed by atoms with E-state index >= 15 is 0 Å². The third-order valence-corrected chi connectivity index (χ3v) is 5.77. The van der Waals surface area contributed by atoms with E-state index in [9.17, 15) is 8.42 Å². The van der Waals surface area contributed by atoms with Crippen molar-refractivity contribution in [2.24, 2.45) is 5.92 Å². The molecule has 0 atom stereocenters. The van der Waals surface area contributed by atoms with Gasteiger partial charge in [0.1, 0.15) is 0 Å². The highest BCUT2D eigenvalue weighted by atomic mass is 32.2. The maximum absolute atomic E-state index is 12.7. The second kappa shape index (κ2) is 5.71. The molecule has 0 aliphatic heterocycles. The Kier molecular flexibility index (Phi) is 4.36. The lowest BCUT2D eigenvalue weighted by Crippen LogP contribution is -2.30. The van der Waals surface area contributed by atoms with Crippen molar-refractivity contribution in [2.45, 2.75) is 25.3 Å². The molecular weight excluding hydrogens is 296 g/mol. The first kappa shape index (κ1) is 15.3. The number of fused-ring (bicyclic) bond motifs is 1. The summed E-state index contributed by atoms with van der Waals surface area (Å²) >= 11 is 1.41. The van der Waals surface area contributed by atoms with E-state index in [0.717, 1.165) is 6.42 Å². The average molecular weight is 316 g/mol. The number of hydrogen-bond acceptors (Lipinski definition) is 5. The molecule has 0 saturated carbocycles. The number of thiazole rings is 1. The molecule has 0 unspecified atom stereocenters. The largest absolute Gasteiger partial charge is 0.371 e. The summed E-state index contributed by atoms with van der Waals surface area (Å²) in [5, 5.41) is 4.90. The Hall–Kier alpha value is -1.12. The molecule has 6 nitrogen and oxygen atoms in total. The molecule has 0 bridgehead atoms. The van der Waals surface area contributed by atoms with Crippen molar-refractivity contribution in [3.8, 4) is 0 Å². The molecule has 2 aromatic rings. The minimum Gasteiger partial charge on any atom is -0.371 e. The molecule has 1 N–H and O–H groups in total. The number of anilines is 1. The summed E-state index contributed by atoms with van der Waals surface area (Å²) in [7, 11) is -0.258. The van der Waals surface area contributed by atoms with Crippen LogP contribution in [-0.4, -0.2) is 42.7 Å². The molecule has 2 rings (SSSR count). The zero-order valence-corrected chi connectivity index (χ0v) is 13.8. The van der Waals surface area contributed by atoms with Gasteiger partial charge in [-0.15, -0.1) is 11.3 Å². The van der Waals surface area contributed by atoms with Gasteiger partial charge in [-0.05, 0) is 12.3 Å². The normalized spacial score (nSPS) is 12.7. The van der Waals surface area contributed by atoms with Crippen LogP contribution in [0.1, 0.15) is 20.3 Å². The van der Waals surface area contributed by atoms with Crippen molar-refractivity contribution in [3.63, 3.8) is 0 Å². The highest BCUT2D eigenvalue weighted by Crippen LogP contribution is 2.27. The first-order chi connectivity index (χ1) is 9.37. The van der Waals surface area contributed by atoms with E-state index in [1.807, 2.05) is 5.38 Å². The van der Waals surface area contributed by atoms with Crippen LogP contribution in [0.5, 0.6) is 0 Å². The molecule has 0 fully saturated rings. The summed E-state index contributed by atoms with van der Waals surface area (Å²) in [4.78, 5) is 4.97. The molecule has 0 radical (unpaired) electrons. The topological polar surface area (TPSA) is 66.7 Å². The van der Waals surface area contributed by atoms with E-state index < -0.39 is 10.0 Å². The van der Waals surface area contributed by atoms with Crippen LogP contribution in [0.25, 0.3) is 4.96 Å². The number of imidazole rings is 1. The third-order valence-electron chi connectivity index (χ3n) is 3.13. The molecular formula is C12H20N4O2S2. The molecule has 0 saturated heterocycles. The van der Waals surface area contributed by atoms with E-state index in [1.54, 1.807) is 24.7 Å². The van der Waals surface area contributed by atoms with Crippen molar-refractivity contribution in [3.05, 3.63) is 11.6 Å². The SMILES string of the molecule is CNc1nc2sccn2c1S(=O)(=O)N(C)CCC(C)C. The van der Waals surface area contributed by atoms with E-state index in [-0.39, 0.29) is 5.03 Å². The van der Waals surface area contributed by atoms with E-state index in [4.69, 9.17) is 0 Å². The van der Waals surface area contributed by atoms with Crippen LogP contribution in [0.3, 0.4) is 0 Å². The van der Waals surface area contributed by atoms with Gasteiger partial charge in [-0.3, -0.25) is 4.40 Å². The van der Waals surface area contributed by atoms with Crippen molar-refractivity contribution in [1.29, 1.82) is 0 Å². The summed E-state index contributed by atoms with van der Waals surface area (Å²) in [5.74, 6) is 0.858. The lowest BCUT2D eigenvalue weighted by atomic mass is 10.1. The summed E-state index contributed by atoms with van der Waals surface area (Å²) < 4.78 is 28.5. The lowest BCUT2D eigenvalue weighted by Gasteiger charge is -2.18. The number of nitrogens with one attached hydrogen (secondary N) is 1. The summed E-state index contributed by atoms with van der Waals surface area (Å²) in [6.45, 7) is 4.66. The fourth-order valence-corrected chi connectivity index (χ4v) is 4.08. The molecule has 2 heterocycles. The van der Waals surface area contributed by atoms with Crippen LogP contribution in [0, 0.1) is 5.92 Å². The monoisotopic (exact) mass is 316 g/mol. The van der Waals surface area contributed by atoms with Gasteiger partial charge in [0, 0.05) is 32.2 Å². The number of rotatable bonds is 6.